The lowest BCUT2D eigenvalue weighted by molar-refractivity contribution is 0.497. The van der Waals surface area contributed by atoms with Crippen molar-refractivity contribution in [2.24, 2.45) is 5.41 Å². The fraction of sp³-hybridized carbons (Fsp3) is 0.417. The number of halogens is 1. The SMILES string of the molecule is CC1(C)CC1n1nnnc1-c1cc(N)ccc1Cl. The van der Waals surface area contributed by atoms with Gasteiger partial charge in [0, 0.05) is 11.3 Å². The Bertz CT molecular complexity index is 604. The fourth-order valence-electron chi connectivity index (χ4n) is 2.15. The summed E-state index contributed by atoms with van der Waals surface area (Å²) in [4.78, 5) is 0. The minimum atomic E-state index is 0.247. The summed E-state index contributed by atoms with van der Waals surface area (Å²) in [7, 11) is 0. The summed E-state index contributed by atoms with van der Waals surface area (Å²) in [5.74, 6) is 0.683. The van der Waals surface area contributed by atoms with Gasteiger partial charge >= 0.3 is 0 Å². The molecule has 94 valence electrons. The lowest BCUT2D eigenvalue weighted by Gasteiger charge is -2.08. The highest BCUT2D eigenvalue weighted by atomic mass is 35.5. The van der Waals surface area contributed by atoms with Gasteiger partial charge in [-0.25, -0.2) is 4.68 Å². The molecule has 1 aromatic carbocycles. The maximum absolute atomic E-state index is 6.19. The largest absolute Gasteiger partial charge is 0.399 e. The first kappa shape index (κ1) is 11.5. The highest BCUT2D eigenvalue weighted by Crippen LogP contribution is 2.56. The van der Waals surface area contributed by atoms with Crippen LogP contribution in [0.3, 0.4) is 0 Å². The number of anilines is 1. The molecular formula is C12H14ClN5. The third-order valence-electron chi connectivity index (χ3n) is 3.48. The third-order valence-corrected chi connectivity index (χ3v) is 3.81. The third kappa shape index (κ3) is 1.75. The number of nitrogens with two attached hydrogens (primary N) is 1. The number of nitrogen functional groups attached to an aromatic ring is 1. The Kier molecular flexibility index (Phi) is 2.35. The number of aromatic nitrogens is 4. The molecule has 1 saturated carbocycles. The van der Waals surface area contributed by atoms with Crippen LogP contribution in [-0.4, -0.2) is 20.2 Å². The zero-order valence-corrected chi connectivity index (χ0v) is 11.0. The number of hydrogen-bond donors (Lipinski definition) is 1. The molecule has 0 amide bonds. The van der Waals surface area contributed by atoms with Gasteiger partial charge in [0.25, 0.3) is 0 Å². The lowest BCUT2D eigenvalue weighted by atomic mass is 10.1. The minimum absolute atomic E-state index is 0.247. The molecule has 1 aliphatic rings. The van der Waals surface area contributed by atoms with E-state index < -0.39 is 0 Å². The molecule has 0 saturated heterocycles. The van der Waals surface area contributed by atoms with E-state index in [0.717, 1.165) is 12.0 Å². The van der Waals surface area contributed by atoms with Gasteiger partial charge in [-0.15, -0.1) is 5.10 Å². The van der Waals surface area contributed by atoms with Crippen LogP contribution in [0.15, 0.2) is 18.2 Å². The normalized spacial score (nSPS) is 20.9. The molecule has 1 fully saturated rings. The second-order valence-electron chi connectivity index (χ2n) is 5.39. The van der Waals surface area contributed by atoms with Crippen molar-refractivity contribution in [3.63, 3.8) is 0 Å². The molecule has 1 aromatic heterocycles. The van der Waals surface area contributed by atoms with E-state index in [1.165, 1.54) is 0 Å². The summed E-state index contributed by atoms with van der Waals surface area (Å²) in [6.07, 6.45) is 1.07. The molecule has 18 heavy (non-hydrogen) atoms. The lowest BCUT2D eigenvalue weighted by Crippen LogP contribution is -2.05. The Labute approximate surface area is 110 Å². The second-order valence-corrected chi connectivity index (χ2v) is 5.80. The minimum Gasteiger partial charge on any atom is -0.399 e. The van der Waals surface area contributed by atoms with Crippen molar-refractivity contribution in [3.8, 4) is 11.4 Å². The van der Waals surface area contributed by atoms with E-state index in [4.69, 9.17) is 17.3 Å². The maximum Gasteiger partial charge on any atom is 0.183 e. The Balaban J connectivity index is 2.08. The van der Waals surface area contributed by atoms with E-state index >= 15 is 0 Å². The fourth-order valence-corrected chi connectivity index (χ4v) is 2.35. The van der Waals surface area contributed by atoms with Gasteiger partial charge in [-0.2, -0.15) is 0 Å². The van der Waals surface area contributed by atoms with Gasteiger partial charge in [0.15, 0.2) is 5.82 Å². The molecule has 6 heteroatoms. The quantitative estimate of drug-likeness (QED) is 0.846. The number of tetrazole rings is 1. The predicted octanol–water partition coefficient (Wildman–Crippen LogP) is 2.55. The van der Waals surface area contributed by atoms with Crippen LogP contribution in [0.4, 0.5) is 5.69 Å². The molecule has 2 N–H and O–H groups in total. The first-order chi connectivity index (χ1) is 8.49. The van der Waals surface area contributed by atoms with Gasteiger partial charge in [-0.3, -0.25) is 0 Å². The monoisotopic (exact) mass is 263 g/mol. The number of nitrogens with zero attached hydrogens (tertiary/aromatic N) is 4. The van der Waals surface area contributed by atoms with Crippen molar-refractivity contribution < 1.29 is 0 Å². The Morgan fingerprint density at radius 3 is 2.83 bits per heavy atom. The summed E-state index contributed by atoms with van der Waals surface area (Å²) in [6, 6.07) is 5.67. The second kappa shape index (κ2) is 3.68. The van der Waals surface area contributed by atoms with Crippen LogP contribution in [0.1, 0.15) is 26.3 Å². The van der Waals surface area contributed by atoms with Crippen LogP contribution in [0.2, 0.25) is 5.02 Å². The Hall–Kier alpha value is -1.62. The van der Waals surface area contributed by atoms with Crippen LogP contribution in [0.5, 0.6) is 0 Å². The molecule has 1 unspecified atom stereocenters. The summed E-state index contributed by atoms with van der Waals surface area (Å²) in [6.45, 7) is 4.40. The molecule has 2 aromatic rings. The topological polar surface area (TPSA) is 69.6 Å². The first-order valence-corrected chi connectivity index (χ1v) is 6.20. The van der Waals surface area contributed by atoms with E-state index in [1.54, 1.807) is 18.2 Å². The van der Waals surface area contributed by atoms with Crippen molar-refractivity contribution in [2.75, 3.05) is 5.73 Å². The Morgan fingerprint density at radius 2 is 2.17 bits per heavy atom. The molecule has 5 nitrogen and oxygen atoms in total. The number of benzene rings is 1. The Morgan fingerprint density at radius 1 is 1.44 bits per heavy atom. The van der Waals surface area contributed by atoms with Gasteiger partial charge < -0.3 is 5.73 Å². The molecule has 0 aliphatic heterocycles. The molecule has 3 rings (SSSR count). The van der Waals surface area contributed by atoms with Gasteiger partial charge in [0.2, 0.25) is 0 Å². The molecule has 0 radical (unpaired) electrons. The molecular weight excluding hydrogens is 250 g/mol. The summed E-state index contributed by atoms with van der Waals surface area (Å²) < 4.78 is 1.85. The van der Waals surface area contributed by atoms with E-state index in [2.05, 4.69) is 29.4 Å². The van der Waals surface area contributed by atoms with Crippen LogP contribution in [0.25, 0.3) is 11.4 Å². The van der Waals surface area contributed by atoms with E-state index in [9.17, 15) is 0 Å². The van der Waals surface area contributed by atoms with E-state index in [-0.39, 0.29) is 5.41 Å². The smallest absolute Gasteiger partial charge is 0.183 e. The van der Waals surface area contributed by atoms with Crippen LogP contribution < -0.4 is 5.73 Å². The van der Waals surface area contributed by atoms with E-state index in [1.807, 2.05) is 4.68 Å². The molecule has 1 atom stereocenters. The highest BCUT2D eigenvalue weighted by molar-refractivity contribution is 6.33. The zero-order chi connectivity index (χ0) is 12.9. The summed E-state index contributed by atoms with van der Waals surface area (Å²) in [5.41, 5.74) is 7.47. The van der Waals surface area contributed by atoms with Crippen molar-refractivity contribution in [1.29, 1.82) is 0 Å². The standard InChI is InChI=1S/C12H14ClN5/c1-12(2)6-10(12)18-11(15-16-17-18)8-5-7(14)3-4-9(8)13/h3-5,10H,6,14H2,1-2H3. The highest BCUT2D eigenvalue weighted by Gasteiger charge is 2.49. The first-order valence-electron chi connectivity index (χ1n) is 5.82. The van der Waals surface area contributed by atoms with Gasteiger partial charge in [-0.1, -0.05) is 25.4 Å². The summed E-state index contributed by atoms with van der Waals surface area (Å²) >= 11 is 6.19. The van der Waals surface area contributed by atoms with E-state index in [0.29, 0.717) is 22.6 Å². The molecule has 0 bridgehead atoms. The van der Waals surface area contributed by atoms with Crippen molar-refractivity contribution in [2.45, 2.75) is 26.3 Å². The van der Waals surface area contributed by atoms with Gasteiger partial charge in [0.1, 0.15) is 0 Å². The predicted molar refractivity (Wildman–Crippen MR) is 70.1 cm³/mol. The van der Waals surface area contributed by atoms with Crippen LogP contribution >= 0.6 is 11.6 Å². The van der Waals surface area contributed by atoms with Crippen molar-refractivity contribution in [3.05, 3.63) is 23.2 Å². The van der Waals surface area contributed by atoms with Crippen LogP contribution in [-0.2, 0) is 0 Å². The maximum atomic E-state index is 6.19. The van der Waals surface area contributed by atoms with Crippen molar-refractivity contribution in [1.82, 2.24) is 20.2 Å². The molecule has 0 spiro atoms. The average Bonchev–Trinajstić information content (AvgIpc) is 2.77. The number of hydrogen-bond acceptors (Lipinski definition) is 4. The van der Waals surface area contributed by atoms with Crippen LogP contribution in [0, 0.1) is 5.41 Å². The number of rotatable bonds is 2. The summed E-state index contributed by atoms with van der Waals surface area (Å²) in [5, 5.41) is 12.5. The van der Waals surface area contributed by atoms with Gasteiger partial charge in [-0.05, 0) is 40.5 Å². The molecule has 1 aliphatic carbocycles. The van der Waals surface area contributed by atoms with Gasteiger partial charge in [0.05, 0.1) is 11.1 Å². The zero-order valence-electron chi connectivity index (χ0n) is 10.3. The molecule has 1 heterocycles. The average molecular weight is 264 g/mol. The van der Waals surface area contributed by atoms with Crippen molar-refractivity contribution >= 4 is 17.3 Å².